The minimum Gasteiger partial charge on any atom is -0.466 e. The average molecular weight is 310 g/mol. The van der Waals surface area contributed by atoms with E-state index in [1.54, 1.807) is 0 Å². The summed E-state index contributed by atoms with van der Waals surface area (Å²) >= 11 is 4.05. The molecule has 19 heavy (non-hydrogen) atoms. The number of rotatable bonds is 12. The van der Waals surface area contributed by atoms with E-state index < -0.39 is 8.80 Å². The van der Waals surface area contributed by atoms with Crippen LogP contribution in [0.2, 0.25) is 6.04 Å². The zero-order chi connectivity index (χ0) is 14.6. The molecule has 0 atom stereocenters. The summed E-state index contributed by atoms with van der Waals surface area (Å²) in [6.07, 6.45) is 1.13. The summed E-state index contributed by atoms with van der Waals surface area (Å²) in [7, 11) is -2.69. The van der Waals surface area contributed by atoms with Crippen molar-refractivity contribution >= 4 is 27.4 Å². The molecule has 0 rings (SSSR count). The van der Waals surface area contributed by atoms with Crippen molar-refractivity contribution in [3.8, 4) is 0 Å². The van der Waals surface area contributed by atoms with Crippen LogP contribution in [0, 0.1) is 0 Å². The molecule has 0 unspecified atom stereocenters. The molecular weight excluding hydrogens is 284 g/mol. The highest BCUT2D eigenvalue weighted by Gasteiger charge is 2.40. The summed E-state index contributed by atoms with van der Waals surface area (Å²) < 4.78 is 22.2. The Morgan fingerprint density at radius 2 is 1.58 bits per heavy atom. The lowest BCUT2D eigenvalue weighted by molar-refractivity contribution is -0.143. The van der Waals surface area contributed by atoms with Gasteiger partial charge in [0.2, 0.25) is 0 Å². The maximum absolute atomic E-state index is 11.4. The fraction of sp³-hybridized carbons (Fsp3) is 0.917. The predicted molar refractivity (Wildman–Crippen MR) is 79.5 cm³/mol. The number of esters is 1. The van der Waals surface area contributed by atoms with E-state index in [2.05, 4.69) is 12.6 Å². The van der Waals surface area contributed by atoms with Crippen LogP contribution in [0.25, 0.3) is 0 Å². The van der Waals surface area contributed by atoms with E-state index in [1.807, 2.05) is 20.8 Å². The van der Waals surface area contributed by atoms with Crippen molar-refractivity contribution < 1.29 is 22.8 Å². The summed E-state index contributed by atoms with van der Waals surface area (Å²) in [6, 6.07) is 0.495. The van der Waals surface area contributed by atoms with E-state index in [0.717, 1.165) is 6.42 Å². The lowest BCUT2D eigenvalue weighted by Crippen LogP contribution is -2.47. The molecule has 0 N–H and O–H groups in total. The van der Waals surface area contributed by atoms with Gasteiger partial charge in [-0.25, -0.2) is 0 Å². The van der Waals surface area contributed by atoms with Crippen LogP contribution in [-0.2, 0) is 22.8 Å². The summed E-state index contributed by atoms with van der Waals surface area (Å²) in [5, 5.41) is 0. The van der Waals surface area contributed by atoms with Gasteiger partial charge in [0, 0.05) is 26.2 Å². The Balaban J connectivity index is 4.19. The van der Waals surface area contributed by atoms with E-state index in [1.165, 1.54) is 0 Å². The first-order valence-corrected chi connectivity index (χ1v) is 9.38. The van der Waals surface area contributed by atoms with Gasteiger partial charge in [-0.3, -0.25) is 4.79 Å². The maximum atomic E-state index is 11.4. The maximum Gasteiger partial charge on any atom is 0.504 e. The molecular formula is C12H26O5SSi. The molecule has 0 aliphatic rings. The predicted octanol–water partition coefficient (Wildman–Crippen LogP) is 2.29. The molecule has 0 spiro atoms. The van der Waals surface area contributed by atoms with Gasteiger partial charge in [0.1, 0.15) is 0 Å². The largest absolute Gasteiger partial charge is 0.504 e. The minimum absolute atomic E-state index is 0.207. The number of carbonyl (C=O) groups is 1. The van der Waals surface area contributed by atoms with Gasteiger partial charge < -0.3 is 18.0 Å². The highest BCUT2D eigenvalue weighted by molar-refractivity contribution is 7.80. The Morgan fingerprint density at radius 1 is 1.05 bits per heavy atom. The topological polar surface area (TPSA) is 54.0 Å². The average Bonchev–Trinajstić information content (AvgIpc) is 2.37. The van der Waals surface area contributed by atoms with Gasteiger partial charge in [0.05, 0.1) is 12.7 Å². The van der Waals surface area contributed by atoms with Crippen molar-refractivity contribution in [3.63, 3.8) is 0 Å². The number of hydrogen-bond donors (Lipinski definition) is 1. The lowest BCUT2D eigenvalue weighted by atomic mass is 10.3. The van der Waals surface area contributed by atoms with Gasteiger partial charge in [-0.1, -0.05) is 0 Å². The number of thiol groups is 1. The van der Waals surface area contributed by atoms with E-state index >= 15 is 0 Å². The highest BCUT2D eigenvalue weighted by atomic mass is 32.1. The van der Waals surface area contributed by atoms with Crippen molar-refractivity contribution in [2.45, 2.75) is 39.7 Å². The third-order valence-electron chi connectivity index (χ3n) is 2.30. The minimum atomic E-state index is -2.69. The summed E-state index contributed by atoms with van der Waals surface area (Å²) in [5.41, 5.74) is 0. The quantitative estimate of drug-likeness (QED) is 0.340. The molecule has 7 heteroatoms. The summed E-state index contributed by atoms with van der Waals surface area (Å²) in [4.78, 5) is 11.4. The zero-order valence-corrected chi connectivity index (χ0v) is 14.0. The van der Waals surface area contributed by atoms with Crippen LogP contribution >= 0.6 is 12.6 Å². The molecule has 0 aromatic carbocycles. The number of hydrogen-bond acceptors (Lipinski definition) is 6. The molecule has 0 aromatic rings. The van der Waals surface area contributed by atoms with Gasteiger partial charge in [-0.15, -0.1) is 0 Å². The fourth-order valence-corrected chi connectivity index (χ4v) is 4.10. The second-order valence-corrected chi connectivity index (χ2v) is 6.96. The molecule has 5 nitrogen and oxygen atoms in total. The molecule has 0 saturated heterocycles. The lowest BCUT2D eigenvalue weighted by Gasteiger charge is -2.28. The van der Waals surface area contributed by atoms with Crippen molar-refractivity contribution in [3.05, 3.63) is 0 Å². The van der Waals surface area contributed by atoms with Crippen LogP contribution in [0.1, 0.15) is 33.6 Å². The number of ether oxygens (including phenoxy) is 1. The first-order valence-electron chi connectivity index (χ1n) is 6.82. The first-order chi connectivity index (χ1) is 9.14. The standard InChI is InChI=1S/C12H26O5SSi/c1-4-15-19(16-5-2,17-6-3)11-9-14-12(13)8-7-10-18/h18H,4-11H2,1-3H3. The van der Waals surface area contributed by atoms with Gasteiger partial charge in [-0.05, 0) is 32.9 Å². The molecule has 0 amide bonds. The summed E-state index contributed by atoms with van der Waals surface area (Å²) in [6.45, 7) is 7.56. The first kappa shape index (κ1) is 18.9. The Kier molecular flexibility index (Phi) is 11.7. The van der Waals surface area contributed by atoms with Crippen LogP contribution in [0.4, 0.5) is 0 Å². The molecule has 0 bridgehead atoms. The highest BCUT2D eigenvalue weighted by Crippen LogP contribution is 2.16. The smallest absolute Gasteiger partial charge is 0.466 e. The second-order valence-electron chi connectivity index (χ2n) is 3.78. The summed E-state index contributed by atoms with van der Waals surface area (Å²) in [5.74, 6) is 0.478. The third kappa shape index (κ3) is 8.64. The van der Waals surface area contributed by atoms with Crippen molar-refractivity contribution in [1.82, 2.24) is 0 Å². The monoisotopic (exact) mass is 310 g/mol. The Morgan fingerprint density at radius 3 is 2.00 bits per heavy atom. The SMILES string of the molecule is CCO[Si](CCOC(=O)CCCS)(OCC)OCC. The van der Waals surface area contributed by atoms with Crippen LogP contribution < -0.4 is 0 Å². The molecule has 0 heterocycles. The molecule has 114 valence electrons. The zero-order valence-electron chi connectivity index (χ0n) is 12.1. The van der Waals surface area contributed by atoms with Gasteiger partial charge in [0.15, 0.2) is 0 Å². The molecule has 0 aliphatic carbocycles. The molecule has 0 aliphatic heterocycles. The molecule has 0 radical (unpaired) electrons. The molecule has 0 aromatic heterocycles. The van der Waals surface area contributed by atoms with Crippen LogP contribution in [0.15, 0.2) is 0 Å². The van der Waals surface area contributed by atoms with Crippen molar-refractivity contribution in [2.75, 3.05) is 32.2 Å². The van der Waals surface area contributed by atoms with E-state index in [9.17, 15) is 4.79 Å². The van der Waals surface area contributed by atoms with Crippen molar-refractivity contribution in [2.24, 2.45) is 0 Å². The van der Waals surface area contributed by atoms with Crippen LogP contribution in [-0.4, -0.2) is 47.0 Å². The third-order valence-corrected chi connectivity index (χ3v) is 5.62. The molecule has 0 saturated carbocycles. The van der Waals surface area contributed by atoms with Gasteiger partial charge in [-0.2, -0.15) is 12.6 Å². The van der Waals surface area contributed by atoms with E-state index in [-0.39, 0.29) is 12.6 Å². The Labute approximate surface area is 122 Å². The fourth-order valence-electron chi connectivity index (χ4n) is 1.59. The molecule has 0 fully saturated rings. The normalized spacial score (nSPS) is 11.6. The van der Waals surface area contributed by atoms with Crippen LogP contribution in [0.5, 0.6) is 0 Å². The number of carbonyl (C=O) groups excluding carboxylic acids is 1. The van der Waals surface area contributed by atoms with E-state index in [0.29, 0.717) is 38.0 Å². The van der Waals surface area contributed by atoms with Gasteiger partial charge in [0.25, 0.3) is 0 Å². The second kappa shape index (κ2) is 11.7. The van der Waals surface area contributed by atoms with Crippen molar-refractivity contribution in [1.29, 1.82) is 0 Å². The van der Waals surface area contributed by atoms with E-state index in [4.69, 9.17) is 18.0 Å². The van der Waals surface area contributed by atoms with Crippen LogP contribution in [0.3, 0.4) is 0 Å². The van der Waals surface area contributed by atoms with Gasteiger partial charge >= 0.3 is 14.8 Å². The Bertz CT molecular complexity index is 223. The Hall–Kier alpha value is -0.0831.